The summed E-state index contributed by atoms with van der Waals surface area (Å²) < 4.78 is 19.7. The SMILES string of the molecule is CO[C@@](C)(C(=O)O[C@@H](c1ccccc1CO[Si](c1ccccc1)(c1ccccc1)C(C)(C)C)C(C)C)c1cccc2ccccc12. The summed E-state index contributed by atoms with van der Waals surface area (Å²) in [5.74, 6) is -0.417. The van der Waals surface area contributed by atoms with E-state index in [1.807, 2.05) is 54.6 Å². The Bertz CT molecular complexity index is 1720. The van der Waals surface area contributed by atoms with Crippen LogP contribution >= 0.6 is 0 Å². The number of carbonyl (C=O) groups excluding carboxylic acids is 1. The third-order valence-electron chi connectivity index (χ3n) is 9.16. The fourth-order valence-corrected chi connectivity index (χ4v) is 11.1. The van der Waals surface area contributed by atoms with Crippen LogP contribution in [0.25, 0.3) is 10.8 Å². The van der Waals surface area contributed by atoms with Crippen LogP contribution in [-0.2, 0) is 30.9 Å². The van der Waals surface area contributed by atoms with Gasteiger partial charge in [0.1, 0.15) is 6.10 Å². The lowest BCUT2D eigenvalue weighted by Gasteiger charge is -2.43. The van der Waals surface area contributed by atoms with Crippen LogP contribution in [0.2, 0.25) is 5.04 Å². The summed E-state index contributed by atoms with van der Waals surface area (Å²) in [6, 6.07) is 43.5. The van der Waals surface area contributed by atoms with Crippen molar-refractivity contribution in [2.45, 2.75) is 64.9 Å². The largest absolute Gasteiger partial charge is 0.455 e. The first kappa shape index (κ1) is 33.3. The van der Waals surface area contributed by atoms with Gasteiger partial charge in [0.2, 0.25) is 0 Å². The summed E-state index contributed by atoms with van der Waals surface area (Å²) in [5.41, 5.74) is 1.43. The number of fused-ring (bicyclic) bond motifs is 1. The lowest BCUT2D eigenvalue weighted by Crippen LogP contribution is -2.66. The smallest absolute Gasteiger partial charge is 0.343 e. The van der Waals surface area contributed by atoms with Crippen LogP contribution in [0.1, 0.15) is 64.3 Å². The number of rotatable bonds is 11. The van der Waals surface area contributed by atoms with E-state index in [-0.39, 0.29) is 11.0 Å². The maximum absolute atomic E-state index is 14.2. The fraction of sp³-hybridized carbons (Fsp3) is 0.293. The molecule has 0 spiro atoms. The number of carbonyl (C=O) groups is 1. The van der Waals surface area contributed by atoms with Gasteiger partial charge in [0.25, 0.3) is 8.32 Å². The van der Waals surface area contributed by atoms with Gasteiger partial charge < -0.3 is 13.9 Å². The summed E-state index contributed by atoms with van der Waals surface area (Å²) >= 11 is 0. The molecule has 0 fully saturated rings. The zero-order valence-electron chi connectivity index (χ0n) is 28.1. The summed E-state index contributed by atoms with van der Waals surface area (Å²) in [6.45, 7) is 13.2. The van der Waals surface area contributed by atoms with Crippen LogP contribution in [0.3, 0.4) is 0 Å². The molecule has 0 bridgehead atoms. The van der Waals surface area contributed by atoms with Crippen molar-refractivity contribution in [1.82, 2.24) is 0 Å². The highest BCUT2D eigenvalue weighted by Gasteiger charge is 2.50. The molecule has 5 rings (SSSR count). The van der Waals surface area contributed by atoms with Crippen molar-refractivity contribution in [2.75, 3.05) is 7.11 Å². The fourth-order valence-electron chi connectivity index (χ4n) is 6.62. The van der Waals surface area contributed by atoms with Crippen molar-refractivity contribution in [3.63, 3.8) is 0 Å². The monoisotopic (exact) mass is 630 g/mol. The van der Waals surface area contributed by atoms with Gasteiger partial charge in [0.05, 0.1) is 6.61 Å². The molecule has 0 N–H and O–H groups in total. The third-order valence-corrected chi connectivity index (χ3v) is 14.1. The second-order valence-electron chi connectivity index (χ2n) is 13.5. The molecule has 0 aliphatic heterocycles. The van der Waals surface area contributed by atoms with E-state index < -0.39 is 26.0 Å². The van der Waals surface area contributed by atoms with Gasteiger partial charge >= 0.3 is 5.97 Å². The molecule has 5 aromatic rings. The quantitative estimate of drug-likeness (QED) is 0.108. The van der Waals surface area contributed by atoms with E-state index in [2.05, 4.69) is 107 Å². The minimum Gasteiger partial charge on any atom is -0.455 e. The first-order valence-electron chi connectivity index (χ1n) is 16.1. The molecule has 5 aromatic carbocycles. The van der Waals surface area contributed by atoms with Gasteiger partial charge in [-0.15, -0.1) is 0 Å². The Kier molecular flexibility index (Phi) is 9.97. The molecule has 0 heterocycles. The minimum atomic E-state index is -2.78. The van der Waals surface area contributed by atoms with Crippen molar-refractivity contribution in [1.29, 1.82) is 0 Å². The Balaban J connectivity index is 1.52. The number of methoxy groups -OCH3 is 1. The first-order valence-corrected chi connectivity index (χ1v) is 18.0. The van der Waals surface area contributed by atoms with Crippen molar-refractivity contribution in [3.05, 3.63) is 144 Å². The van der Waals surface area contributed by atoms with Gasteiger partial charge in [-0.25, -0.2) is 4.79 Å². The molecule has 0 amide bonds. The normalized spacial score (nSPS) is 14.2. The number of hydrogen-bond acceptors (Lipinski definition) is 4. The Morgan fingerprint density at radius 2 is 1.24 bits per heavy atom. The third kappa shape index (κ3) is 6.32. The lowest BCUT2D eigenvalue weighted by atomic mass is 9.90. The summed E-state index contributed by atoms with van der Waals surface area (Å²) in [6.07, 6.45) is -0.504. The molecule has 0 aromatic heterocycles. The van der Waals surface area contributed by atoms with Crippen LogP contribution in [0.4, 0.5) is 0 Å². The average Bonchev–Trinajstić information content (AvgIpc) is 3.07. The lowest BCUT2D eigenvalue weighted by molar-refractivity contribution is -0.176. The predicted octanol–water partition coefficient (Wildman–Crippen LogP) is 8.72. The summed E-state index contributed by atoms with van der Waals surface area (Å²) in [4.78, 5) is 14.2. The van der Waals surface area contributed by atoms with Gasteiger partial charge in [-0.05, 0) is 50.2 Å². The second kappa shape index (κ2) is 13.8. The number of ether oxygens (including phenoxy) is 2. The van der Waals surface area contributed by atoms with Gasteiger partial charge in [-0.2, -0.15) is 0 Å². The zero-order valence-corrected chi connectivity index (χ0v) is 29.1. The van der Waals surface area contributed by atoms with E-state index in [0.717, 1.165) is 27.5 Å². The van der Waals surface area contributed by atoms with E-state index in [1.165, 1.54) is 10.4 Å². The molecule has 0 saturated carbocycles. The molecule has 0 radical (unpaired) electrons. The zero-order chi connectivity index (χ0) is 33.0. The molecule has 5 heteroatoms. The topological polar surface area (TPSA) is 44.8 Å². The van der Waals surface area contributed by atoms with Gasteiger partial charge in [0.15, 0.2) is 5.60 Å². The van der Waals surface area contributed by atoms with E-state index in [0.29, 0.717) is 6.61 Å². The Labute approximate surface area is 275 Å². The van der Waals surface area contributed by atoms with Crippen LogP contribution in [-0.4, -0.2) is 21.4 Å². The van der Waals surface area contributed by atoms with Crippen molar-refractivity contribution < 1.29 is 18.7 Å². The molecule has 0 saturated heterocycles. The molecule has 2 atom stereocenters. The Morgan fingerprint density at radius 3 is 1.83 bits per heavy atom. The van der Waals surface area contributed by atoms with E-state index >= 15 is 0 Å². The number of hydrogen-bond donors (Lipinski definition) is 0. The van der Waals surface area contributed by atoms with Crippen molar-refractivity contribution in [2.24, 2.45) is 5.92 Å². The molecule has 238 valence electrons. The average molecular weight is 631 g/mol. The maximum atomic E-state index is 14.2. The maximum Gasteiger partial charge on any atom is 0.343 e. The standard InChI is InChI=1S/C41H46O4Si/c1-30(2)38(45-39(42)41(6,43-7)37-28-18-21-31-19-14-16-26-35(31)37)36-27-17-15-20-32(36)29-44-46(40(3,4)5,33-22-10-8-11-23-33)34-24-12-9-13-25-34/h8-28,30,38H,29H2,1-7H3/t38-,41-/m1/s1. The molecule has 0 aliphatic carbocycles. The van der Waals surface area contributed by atoms with Crippen LogP contribution < -0.4 is 10.4 Å². The number of esters is 1. The summed E-state index contributed by atoms with van der Waals surface area (Å²) in [7, 11) is -1.21. The predicted molar refractivity (Wildman–Crippen MR) is 191 cm³/mol. The molecule has 0 aliphatic rings. The van der Waals surface area contributed by atoms with Crippen LogP contribution in [0.5, 0.6) is 0 Å². The molecular weight excluding hydrogens is 585 g/mol. The van der Waals surface area contributed by atoms with Gasteiger partial charge in [0, 0.05) is 12.7 Å². The van der Waals surface area contributed by atoms with Crippen LogP contribution in [0.15, 0.2) is 127 Å². The van der Waals surface area contributed by atoms with Gasteiger partial charge in [-0.3, -0.25) is 0 Å². The van der Waals surface area contributed by atoms with E-state index in [4.69, 9.17) is 13.9 Å². The van der Waals surface area contributed by atoms with Gasteiger partial charge in [-0.1, -0.05) is 162 Å². The van der Waals surface area contributed by atoms with Crippen LogP contribution in [0, 0.1) is 5.92 Å². The van der Waals surface area contributed by atoms with E-state index in [9.17, 15) is 4.79 Å². The van der Waals surface area contributed by atoms with Crippen molar-refractivity contribution in [3.8, 4) is 0 Å². The number of benzene rings is 5. The Morgan fingerprint density at radius 1 is 0.696 bits per heavy atom. The highest BCUT2D eigenvalue weighted by Crippen LogP contribution is 2.39. The molecular formula is C41H46O4Si. The molecule has 4 nitrogen and oxygen atoms in total. The van der Waals surface area contributed by atoms with E-state index in [1.54, 1.807) is 14.0 Å². The minimum absolute atomic E-state index is 0.00610. The first-order chi connectivity index (χ1) is 22.0. The second-order valence-corrected chi connectivity index (χ2v) is 17.8. The molecule has 0 unspecified atom stereocenters. The Hall–Kier alpha value is -4.03. The summed E-state index contributed by atoms with van der Waals surface area (Å²) in [5, 5.41) is 4.30. The highest BCUT2D eigenvalue weighted by atomic mass is 28.4. The molecule has 46 heavy (non-hydrogen) atoms. The highest BCUT2D eigenvalue weighted by molar-refractivity contribution is 6.99. The van der Waals surface area contributed by atoms with Crippen molar-refractivity contribution >= 4 is 35.4 Å².